The van der Waals surface area contributed by atoms with Gasteiger partial charge < -0.3 is 10.2 Å². The average molecular weight is 366 g/mol. The fourth-order valence-corrected chi connectivity index (χ4v) is 2.99. The van der Waals surface area contributed by atoms with E-state index in [0.29, 0.717) is 17.3 Å². The van der Waals surface area contributed by atoms with Gasteiger partial charge in [-0.1, -0.05) is 17.7 Å². The van der Waals surface area contributed by atoms with E-state index in [1.807, 2.05) is 17.5 Å². The zero-order valence-corrected chi connectivity index (χ0v) is 15.2. The average Bonchev–Trinajstić information content (AvgIpc) is 3.02. The number of rotatable bonds is 7. The van der Waals surface area contributed by atoms with Crippen molar-refractivity contribution in [3.8, 4) is 0 Å². The summed E-state index contributed by atoms with van der Waals surface area (Å²) < 4.78 is 0. The molecule has 0 saturated heterocycles. The summed E-state index contributed by atoms with van der Waals surface area (Å²) in [6.07, 6.45) is 0. The lowest BCUT2D eigenvalue weighted by Gasteiger charge is -2.21. The molecule has 2 rings (SSSR count). The number of carbonyl (C=O) groups excluding carboxylic acids is 2. The Labute approximate surface area is 150 Å². The third kappa shape index (κ3) is 5.96. The molecule has 1 heterocycles. The van der Waals surface area contributed by atoms with Crippen LogP contribution in [0.15, 0.2) is 41.8 Å². The second-order valence-electron chi connectivity index (χ2n) is 5.56. The molecule has 0 fully saturated rings. The first-order valence-electron chi connectivity index (χ1n) is 7.44. The van der Waals surface area contributed by atoms with Gasteiger partial charge in [-0.25, -0.2) is 0 Å². The van der Waals surface area contributed by atoms with Crippen molar-refractivity contribution in [2.24, 2.45) is 0 Å². The SMILES string of the molecule is CN(CC(=O)Nc1ccc(Cl)cc1)CC(=O)N(C)Cc1cccs1. The highest BCUT2D eigenvalue weighted by atomic mass is 35.5. The normalized spacial score (nSPS) is 10.7. The van der Waals surface area contributed by atoms with Crippen LogP contribution in [0.4, 0.5) is 5.69 Å². The van der Waals surface area contributed by atoms with Crippen LogP contribution in [0.2, 0.25) is 5.02 Å². The maximum absolute atomic E-state index is 12.2. The van der Waals surface area contributed by atoms with E-state index >= 15 is 0 Å². The summed E-state index contributed by atoms with van der Waals surface area (Å²) in [7, 11) is 3.52. The van der Waals surface area contributed by atoms with Gasteiger partial charge in [0.1, 0.15) is 0 Å². The van der Waals surface area contributed by atoms with Crippen molar-refractivity contribution >= 4 is 40.4 Å². The van der Waals surface area contributed by atoms with Gasteiger partial charge in [0, 0.05) is 22.6 Å². The van der Waals surface area contributed by atoms with Gasteiger partial charge in [-0.05, 0) is 42.8 Å². The lowest BCUT2D eigenvalue weighted by molar-refractivity contribution is -0.131. The van der Waals surface area contributed by atoms with Gasteiger partial charge in [-0.2, -0.15) is 0 Å². The van der Waals surface area contributed by atoms with E-state index in [1.54, 1.807) is 59.5 Å². The van der Waals surface area contributed by atoms with Crippen LogP contribution in [-0.4, -0.2) is 48.8 Å². The quantitative estimate of drug-likeness (QED) is 0.820. The van der Waals surface area contributed by atoms with Crippen molar-refractivity contribution < 1.29 is 9.59 Å². The molecule has 2 amide bonds. The van der Waals surface area contributed by atoms with Crippen molar-refractivity contribution in [1.82, 2.24) is 9.80 Å². The van der Waals surface area contributed by atoms with Crippen molar-refractivity contribution in [2.45, 2.75) is 6.54 Å². The topological polar surface area (TPSA) is 52.7 Å². The summed E-state index contributed by atoms with van der Waals surface area (Å²) in [5, 5.41) is 5.38. The molecule has 2 aromatic rings. The maximum atomic E-state index is 12.2. The van der Waals surface area contributed by atoms with Crippen LogP contribution in [0.5, 0.6) is 0 Å². The van der Waals surface area contributed by atoms with E-state index in [9.17, 15) is 9.59 Å². The number of thiophene rings is 1. The minimum absolute atomic E-state index is 0.0230. The number of carbonyl (C=O) groups is 2. The fourth-order valence-electron chi connectivity index (χ4n) is 2.11. The van der Waals surface area contributed by atoms with E-state index in [-0.39, 0.29) is 24.9 Å². The Hall–Kier alpha value is -1.89. The van der Waals surface area contributed by atoms with Crippen LogP contribution in [-0.2, 0) is 16.1 Å². The number of nitrogens with zero attached hydrogens (tertiary/aromatic N) is 2. The molecule has 0 spiro atoms. The van der Waals surface area contributed by atoms with E-state index in [2.05, 4.69) is 5.32 Å². The minimum Gasteiger partial charge on any atom is -0.340 e. The predicted molar refractivity (Wildman–Crippen MR) is 98.4 cm³/mol. The van der Waals surface area contributed by atoms with Gasteiger partial charge in [-0.3, -0.25) is 14.5 Å². The standard InChI is InChI=1S/C17H20ClN3O2S/c1-20(11-16(22)19-14-7-5-13(18)6-8-14)12-17(23)21(2)10-15-4-3-9-24-15/h3-9H,10-12H2,1-2H3,(H,19,22). The second-order valence-corrected chi connectivity index (χ2v) is 7.03. The van der Waals surface area contributed by atoms with Crippen molar-refractivity contribution in [3.05, 3.63) is 51.7 Å². The number of amides is 2. The van der Waals surface area contributed by atoms with Crippen LogP contribution in [0.25, 0.3) is 0 Å². The molecule has 0 aliphatic carbocycles. The molecular weight excluding hydrogens is 346 g/mol. The monoisotopic (exact) mass is 365 g/mol. The molecule has 24 heavy (non-hydrogen) atoms. The van der Waals surface area contributed by atoms with Crippen LogP contribution < -0.4 is 5.32 Å². The maximum Gasteiger partial charge on any atom is 0.238 e. The smallest absolute Gasteiger partial charge is 0.238 e. The van der Waals surface area contributed by atoms with E-state index in [0.717, 1.165) is 4.88 Å². The molecule has 0 atom stereocenters. The summed E-state index contributed by atoms with van der Waals surface area (Å²) >= 11 is 7.43. The van der Waals surface area contributed by atoms with Gasteiger partial charge >= 0.3 is 0 Å². The Bertz CT molecular complexity index is 674. The lowest BCUT2D eigenvalue weighted by Crippen LogP contribution is -2.39. The molecule has 0 unspecified atom stereocenters. The molecule has 1 aromatic heterocycles. The fraction of sp³-hybridized carbons (Fsp3) is 0.294. The number of hydrogen-bond donors (Lipinski definition) is 1. The van der Waals surface area contributed by atoms with Crippen LogP contribution in [0, 0.1) is 0 Å². The Morgan fingerprint density at radius 1 is 1.12 bits per heavy atom. The van der Waals surface area contributed by atoms with Crippen LogP contribution in [0.3, 0.4) is 0 Å². The van der Waals surface area contributed by atoms with Crippen LogP contribution >= 0.6 is 22.9 Å². The summed E-state index contributed by atoms with van der Waals surface area (Å²) in [4.78, 5) is 28.7. The summed E-state index contributed by atoms with van der Waals surface area (Å²) in [6.45, 7) is 0.915. The first-order chi connectivity index (χ1) is 11.4. The summed E-state index contributed by atoms with van der Waals surface area (Å²) in [5.74, 6) is -0.196. The molecule has 0 bridgehead atoms. The number of likely N-dealkylation sites (N-methyl/N-ethyl adjacent to an activating group) is 2. The molecule has 0 aliphatic rings. The molecular formula is C17H20ClN3O2S. The number of nitrogens with one attached hydrogen (secondary N) is 1. The second kappa shape index (κ2) is 8.82. The van der Waals surface area contributed by atoms with Crippen molar-refractivity contribution in [3.63, 3.8) is 0 Å². The Kier molecular flexibility index (Phi) is 6.78. The first-order valence-corrected chi connectivity index (χ1v) is 8.70. The molecule has 1 N–H and O–H groups in total. The van der Waals surface area contributed by atoms with Crippen molar-refractivity contribution in [2.75, 3.05) is 32.5 Å². The number of benzene rings is 1. The summed E-state index contributed by atoms with van der Waals surface area (Å²) in [5.41, 5.74) is 0.680. The highest BCUT2D eigenvalue weighted by Crippen LogP contribution is 2.13. The Morgan fingerprint density at radius 3 is 2.46 bits per heavy atom. The lowest BCUT2D eigenvalue weighted by atomic mass is 10.3. The first kappa shape index (κ1) is 18.4. The molecule has 5 nitrogen and oxygen atoms in total. The predicted octanol–water partition coefficient (Wildman–Crippen LogP) is 2.93. The zero-order chi connectivity index (χ0) is 17.5. The van der Waals surface area contributed by atoms with E-state index in [1.165, 1.54) is 0 Å². The summed E-state index contributed by atoms with van der Waals surface area (Å²) in [6, 6.07) is 10.9. The molecule has 0 saturated carbocycles. The molecule has 128 valence electrons. The van der Waals surface area contributed by atoms with Gasteiger partial charge in [0.25, 0.3) is 0 Å². The Morgan fingerprint density at radius 2 is 1.83 bits per heavy atom. The zero-order valence-electron chi connectivity index (χ0n) is 13.7. The van der Waals surface area contributed by atoms with Gasteiger partial charge in [0.05, 0.1) is 19.6 Å². The van der Waals surface area contributed by atoms with Gasteiger partial charge in [-0.15, -0.1) is 11.3 Å². The third-order valence-corrected chi connectivity index (χ3v) is 4.46. The largest absolute Gasteiger partial charge is 0.340 e. The third-order valence-electron chi connectivity index (χ3n) is 3.35. The molecule has 7 heteroatoms. The van der Waals surface area contributed by atoms with E-state index < -0.39 is 0 Å². The highest BCUT2D eigenvalue weighted by Gasteiger charge is 2.14. The van der Waals surface area contributed by atoms with Crippen LogP contribution in [0.1, 0.15) is 4.88 Å². The molecule has 0 aliphatic heterocycles. The molecule has 1 aromatic carbocycles. The highest BCUT2D eigenvalue weighted by molar-refractivity contribution is 7.09. The van der Waals surface area contributed by atoms with E-state index in [4.69, 9.17) is 11.6 Å². The number of hydrogen-bond acceptors (Lipinski definition) is 4. The Balaban J connectivity index is 1.76. The van der Waals surface area contributed by atoms with Crippen molar-refractivity contribution in [1.29, 1.82) is 0 Å². The van der Waals surface area contributed by atoms with Gasteiger partial charge in [0.2, 0.25) is 11.8 Å². The van der Waals surface area contributed by atoms with Gasteiger partial charge in [0.15, 0.2) is 0 Å². The number of halogens is 1. The minimum atomic E-state index is -0.173. The number of anilines is 1. The molecule has 0 radical (unpaired) electrons.